The van der Waals surface area contributed by atoms with E-state index in [0.29, 0.717) is 19.4 Å². The molecule has 30 heavy (non-hydrogen) atoms. The molecule has 0 radical (unpaired) electrons. The van der Waals surface area contributed by atoms with E-state index in [1.165, 1.54) is 5.48 Å². The van der Waals surface area contributed by atoms with Crippen molar-refractivity contribution in [3.05, 3.63) is 71.3 Å². The van der Waals surface area contributed by atoms with E-state index in [1.807, 2.05) is 61.5 Å². The molecule has 0 heterocycles. The Kier molecular flexibility index (Phi) is 8.99. The summed E-state index contributed by atoms with van der Waals surface area (Å²) in [5.41, 5.74) is 4.42. The van der Waals surface area contributed by atoms with Crippen molar-refractivity contribution in [2.24, 2.45) is 0 Å². The van der Waals surface area contributed by atoms with Gasteiger partial charge in [-0.1, -0.05) is 60.2 Å². The normalized spacial score (nSPS) is 12.5. The van der Waals surface area contributed by atoms with Crippen molar-refractivity contribution in [2.75, 3.05) is 6.54 Å². The molecule has 2 atom stereocenters. The third-order valence-corrected chi connectivity index (χ3v) is 4.64. The third-order valence-electron chi connectivity index (χ3n) is 4.64. The van der Waals surface area contributed by atoms with Crippen LogP contribution in [0.25, 0.3) is 0 Å². The molecule has 0 saturated carbocycles. The molecule has 2 aromatic rings. The average molecular weight is 413 g/mol. The minimum atomic E-state index is -2.12. The van der Waals surface area contributed by atoms with E-state index < -0.39 is 29.9 Å². The Morgan fingerprint density at radius 3 is 2.13 bits per heavy atom. The minimum absolute atomic E-state index is 0.277. The largest absolute Gasteiger partial charge is 0.375 e. The Balaban J connectivity index is 1.97. The van der Waals surface area contributed by atoms with Crippen LogP contribution in [0.3, 0.4) is 0 Å². The van der Waals surface area contributed by atoms with Crippen molar-refractivity contribution in [3.63, 3.8) is 0 Å². The lowest BCUT2D eigenvalue weighted by atomic mass is 10.0. The van der Waals surface area contributed by atoms with Crippen molar-refractivity contribution >= 4 is 17.7 Å². The second kappa shape index (κ2) is 11.7. The molecule has 8 nitrogen and oxygen atoms in total. The van der Waals surface area contributed by atoms with E-state index in [0.717, 1.165) is 16.7 Å². The monoisotopic (exact) mass is 413 g/mol. The van der Waals surface area contributed by atoms with Gasteiger partial charge < -0.3 is 15.7 Å². The Bertz CT molecular complexity index is 840. The molecule has 0 spiro atoms. The highest BCUT2D eigenvalue weighted by atomic mass is 16.5. The fraction of sp³-hybridized carbons (Fsp3) is 0.318. The molecule has 1 unspecified atom stereocenters. The van der Waals surface area contributed by atoms with Crippen molar-refractivity contribution in [2.45, 2.75) is 38.3 Å². The van der Waals surface area contributed by atoms with E-state index >= 15 is 0 Å². The van der Waals surface area contributed by atoms with Crippen molar-refractivity contribution < 1.29 is 24.7 Å². The van der Waals surface area contributed by atoms with Crippen molar-refractivity contribution in [1.29, 1.82) is 0 Å². The molecule has 0 bridgehead atoms. The highest BCUT2D eigenvalue weighted by molar-refractivity contribution is 6.03. The molecule has 5 N–H and O–H groups in total. The number of aliphatic hydroxyl groups excluding tert-OH is 1. The van der Waals surface area contributed by atoms with Crippen molar-refractivity contribution in [3.8, 4) is 0 Å². The summed E-state index contributed by atoms with van der Waals surface area (Å²) >= 11 is 0. The number of carbonyl (C=O) groups excluding carboxylic acids is 3. The van der Waals surface area contributed by atoms with Gasteiger partial charge in [-0.25, -0.2) is 5.48 Å². The molecule has 0 aliphatic carbocycles. The summed E-state index contributed by atoms with van der Waals surface area (Å²) in [6.07, 6.45) is -0.700. The highest BCUT2D eigenvalue weighted by Gasteiger charge is 2.28. The number of aliphatic hydroxyl groups is 1. The fourth-order valence-electron chi connectivity index (χ4n) is 2.86. The molecule has 2 aromatic carbocycles. The quantitative estimate of drug-likeness (QED) is 0.222. The molecule has 8 heteroatoms. The molecule has 3 amide bonds. The van der Waals surface area contributed by atoms with Crippen LogP contribution in [0.1, 0.15) is 23.1 Å². The Labute approximate surface area is 175 Å². The van der Waals surface area contributed by atoms with E-state index in [1.54, 1.807) is 0 Å². The van der Waals surface area contributed by atoms with Gasteiger partial charge in [-0.2, -0.15) is 0 Å². The third kappa shape index (κ3) is 7.31. The smallest absolute Gasteiger partial charge is 0.281 e. The van der Waals surface area contributed by atoms with Crippen LogP contribution in [-0.4, -0.2) is 46.7 Å². The number of hydrogen-bond donors (Lipinski definition) is 5. The number of carbonyl (C=O) groups is 3. The first-order valence-electron chi connectivity index (χ1n) is 9.70. The number of nitrogens with one attached hydrogen (secondary N) is 3. The Morgan fingerprint density at radius 1 is 0.867 bits per heavy atom. The van der Waals surface area contributed by atoms with Crippen LogP contribution in [-0.2, 0) is 27.2 Å². The van der Waals surface area contributed by atoms with Gasteiger partial charge in [0, 0.05) is 6.54 Å². The Hall–Kier alpha value is -3.23. The van der Waals surface area contributed by atoms with Crippen LogP contribution >= 0.6 is 0 Å². The van der Waals surface area contributed by atoms with Crippen LogP contribution in [0.2, 0.25) is 0 Å². The van der Waals surface area contributed by atoms with E-state index in [2.05, 4.69) is 10.6 Å². The SMILES string of the molecule is Cc1ccc(CCNC(=O)[C@H](CCc2ccccc2)NC(=O)C(O)C(=O)NO)cc1. The van der Waals surface area contributed by atoms with Crippen LogP contribution in [0.5, 0.6) is 0 Å². The van der Waals surface area contributed by atoms with Gasteiger partial charge in [-0.15, -0.1) is 0 Å². The zero-order valence-electron chi connectivity index (χ0n) is 16.8. The summed E-state index contributed by atoms with van der Waals surface area (Å²) in [4.78, 5) is 36.0. The summed E-state index contributed by atoms with van der Waals surface area (Å²) in [5.74, 6) is -2.75. The molecule has 0 fully saturated rings. The fourth-order valence-corrected chi connectivity index (χ4v) is 2.86. The van der Waals surface area contributed by atoms with E-state index in [9.17, 15) is 19.5 Å². The number of amides is 3. The average Bonchev–Trinajstić information content (AvgIpc) is 2.77. The first-order valence-corrected chi connectivity index (χ1v) is 9.70. The topological polar surface area (TPSA) is 128 Å². The Morgan fingerprint density at radius 2 is 1.50 bits per heavy atom. The van der Waals surface area contributed by atoms with Gasteiger partial charge in [0.25, 0.3) is 11.8 Å². The number of benzene rings is 2. The number of hydroxylamine groups is 1. The summed E-state index contributed by atoms with van der Waals surface area (Å²) in [6, 6.07) is 16.5. The second-order valence-electron chi connectivity index (χ2n) is 6.99. The first-order chi connectivity index (χ1) is 14.4. The molecular formula is C22H27N3O5. The van der Waals surface area contributed by atoms with E-state index in [-0.39, 0.29) is 6.42 Å². The van der Waals surface area contributed by atoms with Gasteiger partial charge in [-0.05, 0) is 37.3 Å². The van der Waals surface area contributed by atoms with Gasteiger partial charge >= 0.3 is 0 Å². The van der Waals surface area contributed by atoms with Gasteiger partial charge in [0.05, 0.1) is 0 Å². The predicted octanol–water partition coefficient (Wildman–Crippen LogP) is 0.638. The van der Waals surface area contributed by atoms with Gasteiger partial charge in [0.1, 0.15) is 6.04 Å². The summed E-state index contributed by atoms with van der Waals surface area (Å²) in [7, 11) is 0. The maximum Gasteiger partial charge on any atom is 0.281 e. The summed E-state index contributed by atoms with van der Waals surface area (Å²) in [6.45, 7) is 2.37. The maximum absolute atomic E-state index is 12.6. The van der Waals surface area contributed by atoms with Crippen LogP contribution < -0.4 is 16.1 Å². The number of hydrogen-bond acceptors (Lipinski definition) is 5. The molecule has 160 valence electrons. The summed E-state index contributed by atoms with van der Waals surface area (Å²) < 4.78 is 0. The lowest BCUT2D eigenvalue weighted by Gasteiger charge is -2.20. The van der Waals surface area contributed by atoms with Crippen LogP contribution in [0.15, 0.2) is 54.6 Å². The van der Waals surface area contributed by atoms with Gasteiger partial charge in [0.15, 0.2) is 0 Å². The molecule has 2 rings (SSSR count). The van der Waals surface area contributed by atoms with Crippen LogP contribution in [0.4, 0.5) is 0 Å². The maximum atomic E-state index is 12.6. The van der Waals surface area contributed by atoms with Crippen molar-refractivity contribution in [1.82, 2.24) is 16.1 Å². The molecule has 0 aromatic heterocycles. The molecule has 0 aliphatic heterocycles. The molecule has 0 saturated heterocycles. The molecule has 0 aliphatic rings. The standard InChI is InChI=1S/C22H27N3O5/c1-15-7-9-17(10-8-15)13-14-23-20(27)18(12-11-16-5-3-2-4-6-16)24-21(28)19(26)22(29)25-30/h2-10,18-19,26,30H,11-14H2,1H3,(H,23,27)(H,24,28)(H,25,29)/t18-,19?/m0/s1. The lowest BCUT2D eigenvalue weighted by molar-refractivity contribution is -0.147. The zero-order valence-corrected chi connectivity index (χ0v) is 16.8. The number of aryl methyl sites for hydroxylation is 2. The lowest BCUT2D eigenvalue weighted by Crippen LogP contribution is -2.53. The zero-order chi connectivity index (χ0) is 21.9. The van der Waals surface area contributed by atoms with E-state index in [4.69, 9.17) is 5.21 Å². The van der Waals surface area contributed by atoms with Crippen LogP contribution in [0, 0.1) is 6.92 Å². The van der Waals surface area contributed by atoms with Gasteiger partial charge in [0.2, 0.25) is 12.0 Å². The summed E-state index contributed by atoms with van der Waals surface area (Å²) in [5, 5.41) is 23.4. The van der Waals surface area contributed by atoms with Gasteiger partial charge in [-0.3, -0.25) is 19.6 Å². The predicted molar refractivity (Wildman–Crippen MR) is 111 cm³/mol. The first kappa shape index (κ1) is 23.1. The highest BCUT2D eigenvalue weighted by Crippen LogP contribution is 2.07. The second-order valence-corrected chi connectivity index (χ2v) is 6.99. The number of rotatable bonds is 10. The molecular weight excluding hydrogens is 386 g/mol. The minimum Gasteiger partial charge on any atom is -0.375 e.